The summed E-state index contributed by atoms with van der Waals surface area (Å²) >= 11 is 5.26. The van der Waals surface area contributed by atoms with Gasteiger partial charge in [0.15, 0.2) is 5.11 Å². The van der Waals surface area contributed by atoms with Gasteiger partial charge in [0.1, 0.15) is 11.5 Å². The van der Waals surface area contributed by atoms with Gasteiger partial charge in [-0.2, -0.15) is 0 Å². The van der Waals surface area contributed by atoms with E-state index in [1.54, 1.807) is 24.3 Å². The van der Waals surface area contributed by atoms with Crippen molar-refractivity contribution in [3.63, 3.8) is 0 Å². The van der Waals surface area contributed by atoms with Crippen LogP contribution in [0.3, 0.4) is 0 Å². The third-order valence-electron chi connectivity index (χ3n) is 3.98. The molecule has 29 heavy (non-hydrogen) atoms. The topological polar surface area (TPSA) is 59.6 Å². The van der Waals surface area contributed by atoms with Crippen LogP contribution in [0.25, 0.3) is 0 Å². The molecule has 0 aliphatic heterocycles. The Morgan fingerprint density at radius 1 is 0.966 bits per heavy atom. The smallest absolute Gasteiger partial charge is 0.257 e. The van der Waals surface area contributed by atoms with Crippen LogP contribution in [0.15, 0.2) is 48.5 Å². The predicted molar refractivity (Wildman–Crippen MR) is 122 cm³/mol. The van der Waals surface area contributed by atoms with Crippen molar-refractivity contribution in [3.8, 4) is 11.5 Å². The van der Waals surface area contributed by atoms with E-state index in [4.69, 9.17) is 21.7 Å². The third kappa shape index (κ3) is 8.52. The Labute approximate surface area is 178 Å². The van der Waals surface area contributed by atoms with E-state index in [1.165, 1.54) is 0 Å². The van der Waals surface area contributed by atoms with E-state index in [1.807, 2.05) is 24.3 Å². The number of thiocarbonyl (C=S) groups is 1. The molecular weight excluding hydrogens is 384 g/mol. The van der Waals surface area contributed by atoms with E-state index in [9.17, 15) is 4.79 Å². The zero-order chi connectivity index (χ0) is 21.2. The van der Waals surface area contributed by atoms with E-state index < -0.39 is 0 Å². The van der Waals surface area contributed by atoms with E-state index in [0.29, 0.717) is 30.6 Å². The maximum Gasteiger partial charge on any atom is 0.257 e. The highest BCUT2D eigenvalue weighted by atomic mass is 32.1. The molecule has 2 aromatic carbocycles. The first-order valence-electron chi connectivity index (χ1n) is 9.91. The van der Waals surface area contributed by atoms with Crippen molar-refractivity contribution < 1.29 is 14.3 Å². The van der Waals surface area contributed by atoms with Gasteiger partial charge in [-0.05, 0) is 66.9 Å². The highest BCUT2D eigenvalue weighted by Crippen LogP contribution is 2.18. The summed E-state index contributed by atoms with van der Waals surface area (Å²) in [5.74, 6) is 2.27. The second-order valence-corrected chi connectivity index (χ2v) is 8.10. The number of benzene rings is 2. The normalized spacial score (nSPS) is 10.7. The SMILES string of the molecule is CC(C)CCOc1cccc(NC(=S)NC(=O)c2ccc(OCC(C)C)cc2)c1. The maximum absolute atomic E-state index is 12.4. The molecule has 156 valence electrons. The fourth-order valence-electron chi connectivity index (χ4n) is 2.38. The molecular formula is C23H30N2O3S. The van der Waals surface area contributed by atoms with Gasteiger partial charge < -0.3 is 14.8 Å². The Hall–Kier alpha value is -2.60. The van der Waals surface area contributed by atoms with Crippen molar-refractivity contribution in [2.24, 2.45) is 11.8 Å². The van der Waals surface area contributed by atoms with Crippen molar-refractivity contribution in [1.29, 1.82) is 0 Å². The van der Waals surface area contributed by atoms with Crippen LogP contribution in [0.1, 0.15) is 44.5 Å². The molecule has 0 unspecified atom stereocenters. The number of ether oxygens (including phenoxy) is 2. The first-order chi connectivity index (χ1) is 13.8. The molecule has 0 aliphatic carbocycles. The average Bonchev–Trinajstić information content (AvgIpc) is 2.66. The summed E-state index contributed by atoms with van der Waals surface area (Å²) in [6, 6.07) is 14.5. The molecule has 1 amide bonds. The second-order valence-electron chi connectivity index (χ2n) is 7.70. The van der Waals surface area contributed by atoms with Gasteiger partial charge in [0.2, 0.25) is 0 Å². The Morgan fingerprint density at radius 2 is 1.69 bits per heavy atom. The molecule has 2 N–H and O–H groups in total. The summed E-state index contributed by atoms with van der Waals surface area (Å²) < 4.78 is 11.4. The summed E-state index contributed by atoms with van der Waals surface area (Å²) in [6.45, 7) is 9.80. The van der Waals surface area contributed by atoms with E-state index in [2.05, 4.69) is 38.3 Å². The zero-order valence-corrected chi connectivity index (χ0v) is 18.3. The average molecular weight is 415 g/mol. The van der Waals surface area contributed by atoms with Gasteiger partial charge >= 0.3 is 0 Å². The minimum Gasteiger partial charge on any atom is -0.494 e. The Morgan fingerprint density at radius 3 is 2.34 bits per heavy atom. The van der Waals surface area contributed by atoms with Crippen LogP contribution in [0, 0.1) is 11.8 Å². The summed E-state index contributed by atoms with van der Waals surface area (Å²) in [4.78, 5) is 12.4. The van der Waals surface area contributed by atoms with E-state index in [0.717, 1.165) is 23.6 Å². The molecule has 2 rings (SSSR count). The fraction of sp³-hybridized carbons (Fsp3) is 0.391. The number of carbonyl (C=O) groups excluding carboxylic acids is 1. The molecule has 0 saturated carbocycles. The zero-order valence-electron chi connectivity index (χ0n) is 17.5. The fourth-order valence-corrected chi connectivity index (χ4v) is 2.59. The van der Waals surface area contributed by atoms with E-state index in [-0.39, 0.29) is 11.0 Å². The molecule has 0 spiro atoms. The van der Waals surface area contributed by atoms with Gasteiger partial charge in [-0.15, -0.1) is 0 Å². The van der Waals surface area contributed by atoms with Gasteiger partial charge in [0, 0.05) is 17.3 Å². The van der Waals surface area contributed by atoms with Crippen molar-refractivity contribution >= 4 is 28.9 Å². The Kier molecular flexibility index (Phi) is 8.93. The first-order valence-corrected chi connectivity index (χ1v) is 10.3. The van der Waals surface area contributed by atoms with Gasteiger partial charge in [-0.1, -0.05) is 33.8 Å². The number of hydrogen-bond acceptors (Lipinski definition) is 4. The molecule has 6 heteroatoms. The summed E-state index contributed by atoms with van der Waals surface area (Å²) in [5, 5.41) is 5.94. The predicted octanol–water partition coefficient (Wildman–Crippen LogP) is 5.27. The maximum atomic E-state index is 12.4. The van der Waals surface area contributed by atoms with Gasteiger partial charge in [0.05, 0.1) is 13.2 Å². The second kappa shape index (κ2) is 11.4. The Balaban J connectivity index is 1.86. The molecule has 0 aromatic heterocycles. The molecule has 0 radical (unpaired) electrons. The molecule has 0 atom stereocenters. The number of amides is 1. The minimum absolute atomic E-state index is 0.231. The summed E-state index contributed by atoms with van der Waals surface area (Å²) in [6.07, 6.45) is 0.993. The molecule has 0 fully saturated rings. The number of rotatable bonds is 9. The van der Waals surface area contributed by atoms with Crippen LogP contribution >= 0.6 is 12.2 Å². The van der Waals surface area contributed by atoms with Crippen LogP contribution in [0.5, 0.6) is 11.5 Å². The molecule has 5 nitrogen and oxygen atoms in total. The van der Waals surface area contributed by atoms with Crippen LogP contribution in [0.2, 0.25) is 0 Å². The summed E-state index contributed by atoms with van der Waals surface area (Å²) in [5.41, 5.74) is 1.27. The highest BCUT2D eigenvalue weighted by Gasteiger charge is 2.09. The van der Waals surface area contributed by atoms with E-state index >= 15 is 0 Å². The molecule has 0 saturated heterocycles. The molecule has 0 aliphatic rings. The Bertz CT molecular complexity index is 804. The van der Waals surface area contributed by atoms with Gasteiger partial charge in [-0.3, -0.25) is 10.1 Å². The minimum atomic E-state index is -0.276. The van der Waals surface area contributed by atoms with Crippen LogP contribution < -0.4 is 20.1 Å². The van der Waals surface area contributed by atoms with Gasteiger partial charge in [-0.25, -0.2) is 0 Å². The monoisotopic (exact) mass is 414 g/mol. The van der Waals surface area contributed by atoms with Crippen molar-refractivity contribution in [2.75, 3.05) is 18.5 Å². The van der Waals surface area contributed by atoms with Crippen LogP contribution in [-0.2, 0) is 0 Å². The standard InChI is InChI=1S/C23H30N2O3S/c1-16(2)12-13-27-21-7-5-6-19(14-21)24-23(29)25-22(26)18-8-10-20(11-9-18)28-15-17(3)4/h5-11,14,16-17H,12-13,15H2,1-4H3,(H2,24,25,26,29). The number of nitrogens with one attached hydrogen (secondary N) is 2. The summed E-state index contributed by atoms with van der Waals surface area (Å²) in [7, 11) is 0. The van der Waals surface area contributed by atoms with Crippen LogP contribution in [-0.4, -0.2) is 24.2 Å². The molecule has 2 aromatic rings. The largest absolute Gasteiger partial charge is 0.494 e. The lowest BCUT2D eigenvalue weighted by atomic mass is 10.1. The number of carbonyl (C=O) groups is 1. The number of anilines is 1. The lowest BCUT2D eigenvalue weighted by Crippen LogP contribution is -2.34. The molecule has 0 heterocycles. The van der Waals surface area contributed by atoms with Crippen molar-refractivity contribution in [1.82, 2.24) is 5.32 Å². The van der Waals surface area contributed by atoms with Crippen molar-refractivity contribution in [3.05, 3.63) is 54.1 Å². The third-order valence-corrected chi connectivity index (χ3v) is 4.19. The van der Waals surface area contributed by atoms with Gasteiger partial charge in [0.25, 0.3) is 5.91 Å². The number of hydrogen-bond donors (Lipinski definition) is 2. The lowest BCUT2D eigenvalue weighted by molar-refractivity contribution is 0.0977. The highest BCUT2D eigenvalue weighted by molar-refractivity contribution is 7.80. The first kappa shape index (κ1) is 22.7. The van der Waals surface area contributed by atoms with Crippen molar-refractivity contribution in [2.45, 2.75) is 34.1 Å². The lowest BCUT2D eigenvalue weighted by Gasteiger charge is -2.12. The molecule has 0 bridgehead atoms. The quantitative estimate of drug-likeness (QED) is 0.547. The van der Waals surface area contributed by atoms with Crippen LogP contribution in [0.4, 0.5) is 5.69 Å².